The smallest absolute Gasteiger partial charge is 0.150 e. The molecule has 0 amide bonds. The average molecular weight is 889 g/mol. The van der Waals surface area contributed by atoms with Crippen molar-refractivity contribution in [2.45, 2.75) is 12.0 Å². The summed E-state index contributed by atoms with van der Waals surface area (Å²) in [5.41, 5.74) is 7.83. The fourth-order valence-corrected chi connectivity index (χ4v) is 1.27. The molecule has 0 aliphatic rings. The third-order valence-electron chi connectivity index (χ3n) is 2.26. The molecule has 4 nitrogen and oxygen atoms in total. The topological polar surface area (TPSA) is 81.3 Å². The molecule has 1 rings (SSSR count). The van der Waals surface area contributed by atoms with E-state index in [0.29, 0.717) is 5.56 Å². The van der Waals surface area contributed by atoms with Gasteiger partial charge in [0.25, 0.3) is 0 Å². The van der Waals surface area contributed by atoms with Crippen LogP contribution < -0.4 is 0 Å². The second-order valence-corrected chi connectivity index (χ2v) is 3.63. The van der Waals surface area contributed by atoms with Gasteiger partial charge in [-0.1, -0.05) is 29.8 Å². The minimum absolute atomic E-state index is 0. The third kappa shape index (κ3) is 9.18. The minimum atomic E-state index is -1.25. The second kappa shape index (κ2) is 13.7. The SMILES string of the molecule is [Ac].[Ac].[Ac].[NH-]C(CO)(CO)Cc1ccc(C=O)cc1. The Bertz CT molecular complexity index is 329. The first kappa shape index (κ1) is 26.0. The van der Waals surface area contributed by atoms with Crippen LogP contribution in [0.4, 0.5) is 0 Å². The zero-order valence-corrected chi connectivity index (χ0v) is 24.3. The molecule has 0 unspecified atom stereocenters. The van der Waals surface area contributed by atoms with Gasteiger partial charge in [0.1, 0.15) is 6.29 Å². The van der Waals surface area contributed by atoms with Crippen molar-refractivity contribution in [3.63, 3.8) is 0 Å². The predicted molar refractivity (Wildman–Crippen MR) is 56.8 cm³/mol. The van der Waals surface area contributed by atoms with Crippen molar-refractivity contribution < 1.29 is 147 Å². The Morgan fingerprint density at radius 1 is 1.06 bits per heavy atom. The summed E-state index contributed by atoms with van der Waals surface area (Å²) in [7, 11) is 0. The van der Waals surface area contributed by atoms with Crippen LogP contribution in [0.3, 0.4) is 0 Å². The first-order valence-corrected chi connectivity index (χ1v) is 4.64. The van der Waals surface area contributed by atoms with Crippen molar-refractivity contribution in [1.29, 1.82) is 0 Å². The fraction of sp³-hybridized carbons (Fsp3) is 0.364. The van der Waals surface area contributed by atoms with E-state index in [2.05, 4.69) is 0 Å². The van der Waals surface area contributed by atoms with E-state index in [0.717, 1.165) is 11.8 Å². The molecule has 0 heterocycles. The van der Waals surface area contributed by atoms with Gasteiger partial charge in [0.05, 0.1) is 0 Å². The molecule has 0 saturated carbocycles. The number of rotatable bonds is 5. The summed E-state index contributed by atoms with van der Waals surface area (Å²) in [6.45, 7) is -0.780. The van der Waals surface area contributed by atoms with Crippen LogP contribution in [-0.2, 0) is 6.42 Å². The van der Waals surface area contributed by atoms with Crippen LogP contribution >= 0.6 is 0 Å². The van der Waals surface area contributed by atoms with Crippen molar-refractivity contribution in [1.82, 2.24) is 0 Å². The summed E-state index contributed by atoms with van der Waals surface area (Å²) >= 11 is 0. The number of hydrogen-bond donors (Lipinski definition) is 2. The first-order valence-electron chi connectivity index (χ1n) is 4.64. The Morgan fingerprint density at radius 2 is 1.50 bits per heavy atom. The summed E-state index contributed by atoms with van der Waals surface area (Å²) in [4.78, 5) is 10.4. The maximum absolute atomic E-state index is 10.4. The normalized spacial score (nSPS) is 9.50. The van der Waals surface area contributed by atoms with Crippen LogP contribution in [-0.4, -0.2) is 35.3 Å². The number of carbonyl (C=O) groups excluding carboxylic acids is 1. The number of nitrogens with one attached hydrogen (secondary N) is 1. The second-order valence-electron chi connectivity index (χ2n) is 3.63. The molecule has 3 N–H and O–H groups in total. The summed E-state index contributed by atoms with van der Waals surface area (Å²) in [6.07, 6.45) is 1.01. The van der Waals surface area contributed by atoms with Crippen LogP contribution in [0, 0.1) is 132 Å². The molecular formula is C11H14Ac3NO3-. The van der Waals surface area contributed by atoms with Gasteiger partial charge in [0.2, 0.25) is 0 Å². The Morgan fingerprint density at radius 3 is 1.83 bits per heavy atom. The van der Waals surface area contributed by atoms with Gasteiger partial charge in [-0.25, -0.2) is 0 Å². The zero-order valence-electron chi connectivity index (χ0n) is 10.0. The van der Waals surface area contributed by atoms with Gasteiger partial charge in [-0.05, 0) is 12.0 Å². The van der Waals surface area contributed by atoms with E-state index < -0.39 is 5.54 Å². The summed E-state index contributed by atoms with van der Waals surface area (Å²) in [6, 6.07) is 6.74. The van der Waals surface area contributed by atoms with Gasteiger partial charge in [0.15, 0.2) is 0 Å². The molecule has 0 bridgehead atoms. The average Bonchev–Trinajstić information content (AvgIpc) is 2.30. The number of aliphatic hydroxyl groups is 2. The molecule has 0 aliphatic heterocycles. The molecule has 0 aliphatic carbocycles. The van der Waals surface area contributed by atoms with Gasteiger partial charge in [-0.15, -0.1) is 0 Å². The molecule has 0 atom stereocenters. The molecular weight excluding hydrogens is 875 g/mol. The zero-order chi connectivity index (χ0) is 11.3. The van der Waals surface area contributed by atoms with Gasteiger partial charge in [-0.2, -0.15) is 0 Å². The molecule has 0 aromatic heterocycles. The molecule has 1 aromatic carbocycles. The molecule has 3 radical (unpaired) electrons. The molecule has 7 heteroatoms. The Hall–Kier alpha value is 3.09. The van der Waals surface area contributed by atoms with E-state index in [1.54, 1.807) is 24.3 Å². The Balaban J connectivity index is -0.000000750. The Kier molecular flexibility index (Phi) is 19.9. The monoisotopic (exact) mass is 889 g/mol. The standard InChI is InChI=1S/C11H14NO3.3Ac/c12-11(7-14,8-15)5-9-1-3-10(6-13)4-2-9;;;/h1-4,6,12,14-15H,5,7-8H2;;;/q-1;;;. The summed E-state index contributed by atoms with van der Waals surface area (Å²) in [5.74, 6) is 0. The predicted octanol–water partition coefficient (Wildman–Crippen LogP) is 0.817. The maximum atomic E-state index is 10.4. The van der Waals surface area contributed by atoms with Crippen LogP contribution in [0.2, 0.25) is 0 Å². The van der Waals surface area contributed by atoms with Crippen LogP contribution in [0.1, 0.15) is 15.9 Å². The first-order chi connectivity index (χ1) is 7.13. The quantitative estimate of drug-likeness (QED) is 0.431. The van der Waals surface area contributed by atoms with E-state index in [9.17, 15) is 4.79 Å². The van der Waals surface area contributed by atoms with Crippen LogP contribution in [0.25, 0.3) is 5.73 Å². The number of carbonyl (C=O) groups is 1. The number of hydrogen-bond acceptors (Lipinski definition) is 3. The number of aliphatic hydroxyl groups excluding tert-OH is 2. The van der Waals surface area contributed by atoms with Gasteiger partial charge >= 0.3 is 0 Å². The molecule has 1 aromatic rings. The van der Waals surface area contributed by atoms with Crippen molar-refractivity contribution in [3.8, 4) is 0 Å². The van der Waals surface area contributed by atoms with Crippen LogP contribution in [0.15, 0.2) is 24.3 Å². The van der Waals surface area contributed by atoms with Crippen molar-refractivity contribution in [2.75, 3.05) is 13.2 Å². The van der Waals surface area contributed by atoms with Crippen LogP contribution in [0.5, 0.6) is 0 Å². The number of benzene rings is 1. The Labute approximate surface area is 215 Å². The van der Waals surface area contributed by atoms with Gasteiger partial charge in [0, 0.05) is 151 Å². The summed E-state index contributed by atoms with van der Waals surface area (Å²) in [5, 5.41) is 17.9. The third-order valence-corrected chi connectivity index (χ3v) is 2.26. The molecule has 0 saturated heterocycles. The van der Waals surface area contributed by atoms with Gasteiger partial charge in [-0.3, -0.25) is 4.79 Å². The van der Waals surface area contributed by atoms with E-state index in [4.69, 9.17) is 15.9 Å². The fourth-order valence-electron chi connectivity index (χ4n) is 1.27. The molecule has 18 heavy (non-hydrogen) atoms. The van der Waals surface area contributed by atoms with Crippen molar-refractivity contribution in [3.05, 3.63) is 41.1 Å². The largest absolute Gasteiger partial charge is 0.668 e. The molecule has 0 spiro atoms. The van der Waals surface area contributed by atoms with E-state index >= 15 is 0 Å². The van der Waals surface area contributed by atoms with E-state index in [1.165, 1.54) is 0 Å². The number of aldehydes is 1. The molecule has 0 fully saturated rings. The summed E-state index contributed by atoms with van der Waals surface area (Å²) < 4.78 is 0. The molecule has 91 valence electrons. The van der Waals surface area contributed by atoms with Crippen molar-refractivity contribution in [2.24, 2.45) is 0 Å². The minimum Gasteiger partial charge on any atom is -0.668 e. The maximum Gasteiger partial charge on any atom is 0.150 e. The van der Waals surface area contributed by atoms with Gasteiger partial charge < -0.3 is 15.9 Å². The van der Waals surface area contributed by atoms with E-state index in [1.807, 2.05) is 0 Å². The van der Waals surface area contributed by atoms with E-state index in [-0.39, 0.29) is 152 Å². The van der Waals surface area contributed by atoms with Crippen molar-refractivity contribution >= 4 is 6.29 Å².